The molecule has 1 saturated heterocycles. The van der Waals surface area contributed by atoms with Crippen molar-refractivity contribution in [1.82, 2.24) is 4.31 Å². The largest absolute Gasteiger partial charge is 0.491 e. The topological polar surface area (TPSA) is 63.7 Å². The molecule has 116 valence electrons. The number of para-hydroxylation sites is 1. The Hall–Kier alpha value is -1.11. The van der Waals surface area contributed by atoms with Crippen LogP contribution in [0.2, 0.25) is 5.02 Å². The minimum absolute atomic E-state index is 0.101. The van der Waals surface area contributed by atoms with Crippen LogP contribution in [0.1, 0.15) is 23.2 Å². The van der Waals surface area contributed by atoms with E-state index in [2.05, 4.69) is 0 Å². The van der Waals surface area contributed by atoms with Crippen LogP contribution in [0.4, 0.5) is 0 Å². The average Bonchev–Trinajstić information content (AvgIpc) is 2.45. The third-order valence-electron chi connectivity index (χ3n) is 3.54. The molecule has 1 heterocycles. The molecule has 1 aromatic carbocycles. The second kappa shape index (κ2) is 6.77. The molecule has 1 fully saturated rings. The molecular formula is C14H18ClNO4S. The zero-order chi connectivity index (χ0) is 15.5. The van der Waals surface area contributed by atoms with Crippen molar-refractivity contribution >= 4 is 27.9 Å². The molecule has 0 aliphatic carbocycles. The molecule has 0 N–H and O–H groups in total. The Bertz CT molecular complexity index is 617. The van der Waals surface area contributed by atoms with Gasteiger partial charge in [-0.05, 0) is 25.0 Å². The van der Waals surface area contributed by atoms with Crippen LogP contribution < -0.4 is 4.74 Å². The molecule has 2 rings (SSSR count). The lowest BCUT2D eigenvalue weighted by molar-refractivity contribution is 0.111. The first-order valence-electron chi connectivity index (χ1n) is 6.73. The van der Waals surface area contributed by atoms with Crippen LogP contribution >= 0.6 is 11.6 Å². The van der Waals surface area contributed by atoms with Gasteiger partial charge in [0.1, 0.15) is 5.75 Å². The number of hydrogen-bond acceptors (Lipinski definition) is 4. The first-order valence-corrected chi connectivity index (χ1v) is 8.96. The van der Waals surface area contributed by atoms with Crippen LogP contribution in [0, 0.1) is 5.92 Å². The van der Waals surface area contributed by atoms with Gasteiger partial charge < -0.3 is 4.74 Å². The van der Waals surface area contributed by atoms with E-state index >= 15 is 0 Å². The Labute approximate surface area is 129 Å². The molecule has 21 heavy (non-hydrogen) atoms. The number of carbonyl (C=O) groups is 1. The Morgan fingerprint density at radius 1 is 1.48 bits per heavy atom. The predicted octanol–water partition coefficient (Wildman–Crippen LogP) is 2.20. The first kappa shape index (κ1) is 16.3. The molecule has 0 aromatic heterocycles. The maximum atomic E-state index is 11.6. The Kier molecular flexibility index (Phi) is 5.24. The summed E-state index contributed by atoms with van der Waals surface area (Å²) in [5.41, 5.74) is 0.401. The van der Waals surface area contributed by atoms with Crippen molar-refractivity contribution in [3.8, 4) is 5.75 Å². The van der Waals surface area contributed by atoms with E-state index in [1.807, 2.05) is 0 Å². The van der Waals surface area contributed by atoms with Crippen molar-refractivity contribution in [2.24, 2.45) is 5.92 Å². The summed E-state index contributed by atoms with van der Waals surface area (Å²) in [4.78, 5) is 11.0. The Balaban J connectivity index is 2.02. The fourth-order valence-electron chi connectivity index (χ4n) is 2.44. The third kappa shape index (κ3) is 4.18. The summed E-state index contributed by atoms with van der Waals surface area (Å²) < 4.78 is 30.3. The molecule has 1 aliphatic rings. The number of benzene rings is 1. The van der Waals surface area contributed by atoms with Gasteiger partial charge in [-0.3, -0.25) is 4.79 Å². The number of halogens is 1. The maximum Gasteiger partial charge on any atom is 0.211 e. The summed E-state index contributed by atoms with van der Waals surface area (Å²) in [7, 11) is -3.17. The second-order valence-corrected chi connectivity index (χ2v) is 7.61. The fraction of sp³-hybridized carbons (Fsp3) is 0.500. The molecule has 7 heteroatoms. The van der Waals surface area contributed by atoms with Crippen molar-refractivity contribution < 1.29 is 17.9 Å². The zero-order valence-corrected chi connectivity index (χ0v) is 13.4. The Morgan fingerprint density at radius 3 is 2.90 bits per heavy atom. The van der Waals surface area contributed by atoms with Gasteiger partial charge in [-0.2, -0.15) is 0 Å². The van der Waals surface area contributed by atoms with E-state index < -0.39 is 10.0 Å². The maximum absolute atomic E-state index is 11.6. The first-order chi connectivity index (χ1) is 9.91. The second-order valence-electron chi connectivity index (χ2n) is 5.22. The predicted molar refractivity (Wildman–Crippen MR) is 81.5 cm³/mol. The van der Waals surface area contributed by atoms with E-state index in [0.29, 0.717) is 42.3 Å². The molecule has 0 bridgehead atoms. The molecule has 1 aromatic rings. The molecule has 1 atom stereocenters. The summed E-state index contributed by atoms with van der Waals surface area (Å²) in [5, 5.41) is 0.385. The van der Waals surface area contributed by atoms with Gasteiger partial charge in [-0.15, -0.1) is 0 Å². The van der Waals surface area contributed by atoms with Crippen LogP contribution in [-0.2, 0) is 10.0 Å². The van der Waals surface area contributed by atoms with E-state index in [9.17, 15) is 13.2 Å². The smallest absolute Gasteiger partial charge is 0.211 e. The standard InChI is InChI=1S/C14H18ClNO4S/c1-21(18,19)16-7-3-4-11(8-16)10-20-14-12(9-17)5-2-6-13(14)15/h2,5-6,9,11H,3-4,7-8,10H2,1H3. The summed E-state index contributed by atoms with van der Waals surface area (Å²) in [5.74, 6) is 0.467. The molecule has 0 spiro atoms. The third-order valence-corrected chi connectivity index (χ3v) is 5.11. The lowest BCUT2D eigenvalue weighted by Crippen LogP contribution is -2.41. The number of hydrogen-bond donors (Lipinski definition) is 0. The number of carbonyl (C=O) groups excluding carboxylic acids is 1. The van der Waals surface area contributed by atoms with E-state index in [0.717, 1.165) is 12.8 Å². The van der Waals surface area contributed by atoms with Crippen molar-refractivity contribution in [2.75, 3.05) is 26.0 Å². The molecule has 5 nitrogen and oxygen atoms in total. The quantitative estimate of drug-likeness (QED) is 0.776. The van der Waals surface area contributed by atoms with Crippen molar-refractivity contribution in [3.05, 3.63) is 28.8 Å². The minimum atomic E-state index is -3.17. The normalized spacial score (nSPS) is 20.2. The van der Waals surface area contributed by atoms with E-state index in [1.54, 1.807) is 18.2 Å². The number of piperidine rings is 1. The molecule has 1 aliphatic heterocycles. The fourth-order valence-corrected chi connectivity index (χ4v) is 3.61. The summed E-state index contributed by atoms with van der Waals surface area (Å²) in [6.07, 6.45) is 3.62. The zero-order valence-electron chi connectivity index (χ0n) is 11.8. The van der Waals surface area contributed by atoms with Crippen LogP contribution in [-0.4, -0.2) is 45.0 Å². The monoisotopic (exact) mass is 331 g/mol. The van der Waals surface area contributed by atoms with Gasteiger partial charge in [-0.1, -0.05) is 17.7 Å². The lowest BCUT2D eigenvalue weighted by Gasteiger charge is -2.30. The highest BCUT2D eigenvalue weighted by Gasteiger charge is 2.26. The molecular weight excluding hydrogens is 314 g/mol. The van der Waals surface area contributed by atoms with Crippen LogP contribution in [0.15, 0.2) is 18.2 Å². The van der Waals surface area contributed by atoms with Crippen LogP contribution in [0.25, 0.3) is 0 Å². The van der Waals surface area contributed by atoms with Gasteiger partial charge in [0.15, 0.2) is 6.29 Å². The summed E-state index contributed by atoms with van der Waals surface area (Å²) >= 11 is 6.04. The number of ether oxygens (including phenoxy) is 1. The van der Waals surface area contributed by atoms with Crippen molar-refractivity contribution in [2.45, 2.75) is 12.8 Å². The van der Waals surface area contributed by atoms with E-state index in [4.69, 9.17) is 16.3 Å². The number of aldehydes is 1. The highest BCUT2D eigenvalue weighted by Crippen LogP contribution is 2.29. The lowest BCUT2D eigenvalue weighted by atomic mass is 10.0. The highest BCUT2D eigenvalue weighted by atomic mass is 35.5. The molecule has 0 radical (unpaired) electrons. The highest BCUT2D eigenvalue weighted by molar-refractivity contribution is 7.88. The van der Waals surface area contributed by atoms with Gasteiger partial charge >= 0.3 is 0 Å². The molecule has 0 saturated carbocycles. The van der Waals surface area contributed by atoms with E-state index in [1.165, 1.54) is 10.6 Å². The van der Waals surface area contributed by atoms with E-state index in [-0.39, 0.29) is 5.92 Å². The van der Waals surface area contributed by atoms with Gasteiger partial charge in [0, 0.05) is 19.0 Å². The average molecular weight is 332 g/mol. The molecule has 1 unspecified atom stereocenters. The summed E-state index contributed by atoms with van der Waals surface area (Å²) in [6.45, 7) is 1.34. The van der Waals surface area contributed by atoms with Crippen molar-refractivity contribution in [3.63, 3.8) is 0 Å². The number of rotatable bonds is 5. The SMILES string of the molecule is CS(=O)(=O)N1CCCC(COc2c(Cl)cccc2C=O)C1. The number of nitrogens with zero attached hydrogens (tertiary/aromatic N) is 1. The number of sulfonamides is 1. The minimum Gasteiger partial charge on any atom is -0.491 e. The van der Waals surface area contributed by atoms with Gasteiger partial charge in [0.05, 0.1) is 23.4 Å². The summed E-state index contributed by atoms with van der Waals surface area (Å²) in [6, 6.07) is 4.98. The van der Waals surface area contributed by atoms with Crippen LogP contribution in [0.5, 0.6) is 5.75 Å². The van der Waals surface area contributed by atoms with Gasteiger partial charge in [0.25, 0.3) is 0 Å². The Morgan fingerprint density at radius 2 is 2.24 bits per heavy atom. The van der Waals surface area contributed by atoms with Gasteiger partial charge in [-0.25, -0.2) is 12.7 Å². The van der Waals surface area contributed by atoms with Gasteiger partial charge in [0.2, 0.25) is 10.0 Å². The van der Waals surface area contributed by atoms with Crippen LogP contribution in [0.3, 0.4) is 0 Å². The van der Waals surface area contributed by atoms with Crippen molar-refractivity contribution in [1.29, 1.82) is 0 Å². The molecule has 0 amide bonds.